The Kier molecular flexibility index (Phi) is 13.0. The minimum atomic E-state index is -3.52. The Morgan fingerprint density at radius 1 is 1.14 bits per heavy atom. The normalized spacial score (nSPS) is 12.6. The second-order valence-corrected chi connectivity index (χ2v) is 9.24. The molecule has 0 radical (unpaired) electrons. The van der Waals surface area contributed by atoms with E-state index >= 15 is 0 Å². The molecule has 0 unspecified atom stereocenters. The summed E-state index contributed by atoms with van der Waals surface area (Å²) in [7, 11) is -0.473. The number of hydrogen-bond donors (Lipinski definition) is 3. The van der Waals surface area contributed by atoms with Crippen LogP contribution < -0.4 is 10.6 Å². The standard InChI is InChI=1S/C20H36N4O3S.HI/c1-6-20(7-2,13-14-25)16-23-19(21-8-3)22-15-17-11-9-10-12-18(17)28(26,27)24(4)5;/h9-12,25H,6-8,13-16H2,1-5H3,(H2,21,22,23);1H. The summed E-state index contributed by atoms with van der Waals surface area (Å²) in [6.45, 7) is 8.07. The number of rotatable bonds is 11. The van der Waals surface area contributed by atoms with Crippen LogP contribution in [-0.4, -0.2) is 57.6 Å². The van der Waals surface area contributed by atoms with Gasteiger partial charge in [-0.05, 0) is 43.2 Å². The Labute approximate surface area is 193 Å². The van der Waals surface area contributed by atoms with Crippen molar-refractivity contribution in [3.05, 3.63) is 29.8 Å². The Hall–Kier alpha value is -0.910. The van der Waals surface area contributed by atoms with Gasteiger partial charge in [-0.25, -0.2) is 17.7 Å². The number of nitrogens with one attached hydrogen (secondary N) is 2. The molecule has 0 saturated heterocycles. The highest BCUT2D eigenvalue weighted by atomic mass is 127. The molecule has 0 aromatic heterocycles. The van der Waals surface area contributed by atoms with Crippen LogP contribution in [0.4, 0.5) is 0 Å². The molecule has 0 fully saturated rings. The van der Waals surface area contributed by atoms with E-state index in [4.69, 9.17) is 0 Å². The summed E-state index contributed by atoms with van der Waals surface area (Å²) < 4.78 is 26.3. The molecular formula is C20H37IN4O3S. The van der Waals surface area contributed by atoms with Crippen LogP contribution in [0.1, 0.15) is 45.6 Å². The summed E-state index contributed by atoms with van der Waals surface area (Å²) in [5, 5.41) is 16.0. The van der Waals surface area contributed by atoms with E-state index in [1.165, 1.54) is 18.4 Å². The second kappa shape index (κ2) is 13.4. The van der Waals surface area contributed by atoms with Gasteiger partial charge in [0.15, 0.2) is 5.96 Å². The number of benzene rings is 1. The molecule has 0 aliphatic carbocycles. The van der Waals surface area contributed by atoms with Crippen molar-refractivity contribution in [2.45, 2.75) is 51.5 Å². The molecule has 0 amide bonds. The number of aliphatic hydroxyl groups is 1. The van der Waals surface area contributed by atoms with Gasteiger partial charge in [-0.15, -0.1) is 24.0 Å². The van der Waals surface area contributed by atoms with Crippen LogP contribution in [0.25, 0.3) is 0 Å². The molecule has 0 heterocycles. The fraction of sp³-hybridized carbons (Fsp3) is 0.650. The molecule has 7 nitrogen and oxygen atoms in total. The number of guanidine groups is 1. The van der Waals surface area contributed by atoms with E-state index in [9.17, 15) is 13.5 Å². The van der Waals surface area contributed by atoms with Gasteiger partial charge in [0.25, 0.3) is 0 Å². The number of aliphatic hydroxyl groups excluding tert-OH is 1. The Bertz CT molecular complexity index is 735. The van der Waals surface area contributed by atoms with Crippen LogP contribution >= 0.6 is 24.0 Å². The lowest BCUT2D eigenvalue weighted by Gasteiger charge is -2.32. The van der Waals surface area contributed by atoms with E-state index < -0.39 is 10.0 Å². The lowest BCUT2D eigenvalue weighted by Crippen LogP contribution is -2.43. The highest BCUT2D eigenvalue weighted by Crippen LogP contribution is 2.29. The molecule has 0 saturated carbocycles. The van der Waals surface area contributed by atoms with Crippen molar-refractivity contribution in [3.8, 4) is 0 Å². The zero-order valence-corrected chi connectivity index (χ0v) is 21.4. The third kappa shape index (κ3) is 8.03. The van der Waals surface area contributed by atoms with Crippen molar-refractivity contribution in [1.82, 2.24) is 14.9 Å². The number of halogens is 1. The van der Waals surface area contributed by atoms with Crippen LogP contribution in [0, 0.1) is 5.41 Å². The Morgan fingerprint density at radius 2 is 1.76 bits per heavy atom. The molecule has 3 N–H and O–H groups in total. The van der Waals surface area contributed by atoms with Gasteiger partial charge < -0.3 is 15.7 Å². The summed E-state index contributed by atoms with van der Waals surface area (Å²) in [4.78, 5) is 4.87. The lowest BCUT2D eigenvalue weighted by molar-refractivity contribution is 0.169. The quantitative estimate of drug-likeness (QED) is 0.228. The minimum Gasteiger partial charge on any atom is -0.396 e. The summed E-state index contributed by atoms with van der Waals surface area (Å²) in [5.41, 5.74) is 0.665. The zero-order chi connectivity index (χ0) is 21.2. The zero-order valence-electron chi connectivity index (χ0n) is 18.2. The molecule has 0 spiro atoms. The highest BCUT2D eigenvalue weighted by molar-refractivity contribution is 14.0. The van der Waals surface area contributed by atoms with Gasteiger partial charge >= 0.3 is 0 Å². The third-order valence-electron chi connectivity index (χ3n) is 5.26. The summed E-state index contributed by atoms with van der Waals surface area (Å²) in [5.74, 6) is 0.642. The van der Waals surface area contributed by atoms with Crippen molar-refractivity contribution in [3.63, 3.8) is 0 Å². The van der Waals surface area contributed by atoms with Gasteiger partial charge in [0.05, 0.1) is 11.4 Å². The van der Waals surface area contributed by atoms with Gasteiger partial charge in [-0.3, -0.25) is 0 Å². The molecule has 1 rings (SSSR count). The summed E-state index contributed by atoms with van der Waals surface area (Å²) in [6.07, 6.45) is 2.65. The number of nitrogens with zero attached hydrogens (tertiary/aromatic N) is 2. The third-order valence-corrected chi connectivity index (χ3v) is 7.17. The maximum atomic E-state index is 12.6. The van der Waals surface area contributed by atoms with Crippen LogP contribution in [0.15, 0.2) is 34.2 Å². The molecular weight excluding hydrogens is 503 g/mol. The van der Waals surface area contributed by atoms with E-state index in [1.807, 2.05) is 13.0 Å². The molecule has 0 aliphatic rings. The van der Waals surface area contributed by atoms with Crippen LogP contribution in [0.3, 0.4) is 0 Å². The molecule has 1 aromatic carbocycles. The SMILES string of the molecule is CCNC(=NCc1ccccc1S(=O)(=O)N(C)C)NCC(CC)(CC)CCO.I. The first-order chi connectivity index (χ1) is 13.3. The Morgan fingerprint density at radius 3 is 2.28 bits per heavy atom. The van der Waals surface area contributed by atoms with E-state index in [-0.39, 0.29) is 47.4 Å². The summed E-state index contributed by atoms with van der Waals surface area (Å²) in [6, 6.07) is 6.94. The van der Waals surface area contributed by atoms with Gasteiger partial charge in [-0.2, -0.15) is 0 Å². The molecule has 9 heteroatoms. The maximum absolute atomic E-state index is 12.6. The number of aliphatic imine (C=N–C) groups is 1. The van der Waals surface area contributed by atoms with Crippen LogP contribution in [0.2, 0.25) is 0 Å². The molecule has 1 aromatic rings. The predicted molar refractivity (Wildman–Crippen MR) is 130 cm³/mol. The highest BCUT2D eigenvalue weighted by Gasteiger charge is 2.26. The van der Waals surface area contributed by atoms with Crippen molar-refractivity contribution in [2.24, 2.45) is 10.4 Å². The van der Waals surface area contributed by atoms with Crippen LogP contribution in [0.5, 0.6) is 0 Å². The molecule has 0 bridgehead atoms. The van der Waals surface area contributed by atoms with Gasteiger partial charge in [0, 0.05) is 33.8 Å². The summed E-state index contributed by atoms with van der Waals surface area (Å²) >= 11 is 0. The lowest BCUT2D eigenvalue weighted by atomic mass is 9.79. The van der Waals surface area contributed by atoms with Gasteiger partial charge in [-0.1, -0.05) is 32.0 Å². The first kappa shape index (κ1) is 28.1. The fourth-order valence-corrected chi connectivity index (χ4v) is 4.15. The molecule has 168 valence electrons. The van der Waals surface area contributed by atoms with Crippen molar-refractivity contribution in [2.75, 3.05) is 33.8 Å². The first-order valence-corrected chi connectivity index (χ1v) is 11.3. The Balaban J connectivity index is 0.00000784. The largest absolute Gasteiger partial charge is 0.396 e. The molecule has 0 atom stereocenters. The molecule has 0 aliphatic heterocycles. The van der Waals surface area contributed by atoms with Gasteiger partial charge in [0.2, 0.25) is 10.0 Å². The van der Waals surface area contributed by atoms with Crippen molar-refractivity contribution in [1.29, 1.82) is 0 Å². The molecule has 29 heavy (non-hydrogen) atoms. The topological polar surface area (TPSA) is 94.0 Å². The van der Waals surface area contributed by atoms with Crippen molar-refractivity contribution >= 4 is 40.0 Å². The van der Waals surface area contributed by atoms with E-state index in [0.717, 1.165) is 19.3 Å². The maximum Gasteiger partial charge on any atom is 0.242 e. The van der Waals surface area contributed by atoms with E-state index in [1.54, 1.807) is 18.2 Å². The average Bonchev–Trinajstić information content (AvgIpc) is 2.69. The number of sulfonamides is 1. The number of hydrogen-bond acceptors (Lipinski definition) is 4. The monoisotopic (exact) mass is 540 g/mol. The smallest absolute Gasteiger partial charge is 0.242 e. The predicted octanol–water partition coefficient (Wildman–Crippen LogP) is 2.80. The van der Waals surface area contributed by atoms with Crippen molar-refractivity contribution < 1.29 is 13.5 Å². The van der Waals surface area contributed by atoms with Gasteiger partial charge in [0.1, 0.15) is 0 Å². The van der Waals surface area contributed by atoms with Crippen LogP contribution in [-0.2, 0) is 16.6 Å². The first-order valence-electron chi connectivity index (χ1n) is 9.89. The average molecular weight is 541 g/mol. The fourth-order valence-electron chi connectivity index (χ4n) is 3.04. The van der Waals surface area contributed by atoms with E-state index in [2.05, 4.69) is 29.5 Å². The second-order valence-electron chi connectivity index (χ2n) is 7.12. The van der Waals surface area contributed by atoms with E-state index in [0.29, 0.717) is 24.6 Å². The minimum absolute atomic E-state index is 0.